The van der Waals surface area contributed by atoms with Crippen LogP contribution in [0.15, 0.2) is 72.8 Å². The molecule has 0 bridgehead atoms. The largest absolute Gasteiger partial charge is 0.497 e. The van der Waals surface area contributed by atoms with Gasteiger partial charge >= 0.3 is 0 Å². The second kappa shape index (κ2) is 10.0. The molecule has 0 aliphatic carbocycles. The van der Waals surface area contributed by atoms with E-state index in [4.69, 9.17) is 14.2 Å². The summed E-state index contributed by atoms with van der Waals surface area (Å²) in [7, 11) is 3.17. The number of amides is 1. The first-order valence-electron chi connectivity index (χ1n) is 9.20. The molecule has 6 nitrogen and oxygen atoms in total. The van der Waals surface area contributed by atoms with Crippen molar-refractivity contribution < 1.29 is 19.0 Å². The minimum Gasteiger partial charge on any atom is -0.497 e. The summed E-state index contributed by atoms with van der Waals surface area (Å²) in [6.45, 7) is 0.592. The fourth-order valence-corrected chi connectivity index (χ4v) is 2.71. The Labute approximate surface area is 170 Å². The zero-order valence-electron chi connectivity index (χ0n) is 16.5. The molecule has 0 aliphatic heterocycles. The quantitative estimate of drug-likeness (QED) is 0.567. The van der Waals surface area contributed by atoms with Crippen LogP contribution in [-0.2, 0) is 11.4 Å². The SMILES string of the molecule is COc1ccc(OC)c(NCC(=O)Nc2ccc(OCc3ccccc3)cc2)c1. The summed E-state index contributed by atoms with van der Waals surface area (Å²) in [5.74, 6) is 1.89. The number of carbonyl (C=O) groups is 1. The highest BCUT2D eigenvalue weighted by Crippen LogP contribution is 2.28. The van der Waals surface area contributed by atoms with Crippen molar-refractivity contribution >= 4 is 17.3 Å². The van der Waals surface area contributed by atoms with Crippen molar-refractivity contribution in [2.24, 2.45) is 0 Å². The maximum absolute atomic E-state index is 12.3. The molecule has 29 heavy (non-hydrogen) atoms. The van der Waals surface area contributed by atoms with E-state index < -0.39 is 0 Å². The Hall–Kier alpha value is -3.67. The van der Waals surface area contributed by atoms with E-state index >= 15 is 0 Å². The number of anilines is 2. The van der Waals surface area contributed by atoms with Crippen molar-refractivity contribution in [3.05, 3.63) is 78.4 Å². The van der Waals surface area contributed by atoms with Crippen LogP contribution in [0.25, 0.3) is 0 Å². The zero-order valence-corrected chi connectivity index (χ0v) is 16.5. The fraction of sp³-hybridized carbons (Fsp3) is 0.174. The lowest BCUT2D eigenvalue weighted by Gasteiger charge is -2.13. The van der Waals surface area contributed by atoms with Gasteiger partial charge in [0.2, 0.25) is 5.91 Å². The number of hydrogen-bond acceptors (Lipinski definition) is 5. The lowest BCUT2D eigenvalue weighted by molar-refractivity contribution is -0.114. The number of carbonyl (C=O) groups excluding carboxylic acids is 1. The molecule has 2 N–H and O–H groups in total. The fourth-order valence-electron chi connectivity index (χ4n) is 2.71. The van der Waals surface area contributed by atoms with Crippen LogP contribution in [0.4, 0.5) is 11.4 Å². The van der Waals surface area contributed by atoms with Gasteiger partial charge in [0.1, 0.15) is 23.9 Å². The third-order valence-electron chi connectivity index (χ3n) is 4.23. The number of hydrogen-bond donors (Lipinski definition) is 2. The predicted octanol–water partition coefficient (Wildman–Crippen LogP) is 4.33. The smallest absolute Gasteiger partial charge is 0.243 e. The molecule has 3 aromatic rings. The Balaban J connectivity index is 1.50. The first-order chi connectivity index (χ1) is 14.2. The first-order valence-corrected chi connectivity index (χ1v) is 9.20. The highest BCUT2D eigenvalue weighted by Gasteiger charge is 2.08. The van der Waals surface area contributed by atoms with E-state index in [1.54, 1.807) is 32.4 Å². The Bertz CT molecular complexity index is 927. The van der Waals surface area contributed by atoms with Gasteiger partial charge < -0.3 is 24.8 Å². The van der Waals surface area contributed by atoms with Gasteiger partial charge in [-0.2, -0.15) is 0 Å². The zero-order chi connectivity index (χ0) is 20.5. The van der Waals surface area contributed by atoms with Gasteiger partial charge in [-0.1, -0.05) is 30.3 Å². The van der Waals surface area contributed by atoms with E-state index in [0.29, 0.717) is 29.5 Å². The van der Waals surface area contributed by atoms with E-state index in [9.17, 15) is 4.79 Å². The first kappa shape index (κ1) is 20.1. The molecule has 0 aromatic heterocycles. The molecule has 0 heterocycles. The molecule has 3 rings (SSSR count). The number of benzene rings is 3. The van der Waals surface area contributed by atoms with E-state index in [2.05, 4.69) is 10.6 Å². The summed E-state index contributed by atoms with van der Waals surface area (Å²) in [6.07, 6.45) is 0. The summed E-state index contributed by atoms with van der Waals surface area (Å²) in [5.41, 5.74) is 2.48. The number of rotatable bonds is 9. The molecule has 0 atom stereocenters. The van der Waals surface area contributed by atoms with Crippen LogP contribution in [0.1, 0.15) is 5.56 Å². The topological polar surface area (TPSA) is 68.8 Å². The van der Waals surface area contributed by atoms with Crippen LogP contribution in [0.3, 0.4) is 0 Å². The normalized spacial score (nSPS) is 10.1. The maximum atomic E-state index is 12.3. The summed E-state index contributed by atoms with van der Waals surface area (Å²) >= 11 is 0. The lowest BCUT2D eigenvalue weighted by Crippen LogP contribution is -2.21. The third kappa shape index (κ3) is 5.90. The molecule has 3 aromatic carbocycles. The van der Waals surface area contributed by atoms with Crippen LogP contribution >= 0.6 is 0 Å². The van der Waals surface area contributed by atoms with Crippen molar-refractivity contribution in [2.75, 3.05) is 31.4 Å². The molecule has 0 aliphatic rings. The van der Waals surface area contributed by atoms with Crippen LogP contribution in [0.2, 0.25) is 0 Å². The van der Waals surface area contributed by atoms with Crippen molar-refractivity contribution in [2.45, 2.75) is 6.61 Å². The molecule has 0 radical (unpaired) electrons. The van der Waals surface area contributed by atoms with Gasteiger partial charge in [0.15, 0.2) is 0 Å². The van der Waals surface area contributed by atoms with Crippen molar-refractivity contribution in [3.8, 4) is 17.2 Å². The molecule has 0 saturated carbocycles. The van der Waals surface area contributed by atoms with Gasteiger partial charge in [0.05, 0.1) is 26.5 Å². The molecule has 1 amide bonds. The van der Waals surface area contributed by atoms with Gasteiger partial charge in [-0.05, 0) is 42.0 Å². The van der Waals surface area contributed by atoms with Crippen LogP contribution < -0.4 is 24.8 Å². The summed E-state index contributed by atoms with van der Waals surface area (Å²) in [4.78, 5) is 12.3. The number of nitrogens with one attached hydrogen (secondary N) is 2. The van der Waals surface area contributed by atoms with Gasteiger partial charge in [0, 0.05) is 11.8 Å². The van der Waals surface area contributed by atoms with Gasteiger partial charge in [-0.15, -0.1) is 0 Å². The van der Waals surface area contributed by atoms with Gasteiger partial charge in [0.25, 0.3) is 0 Å². The second-order valence-corrected chi connectivity index (χ2v) is 6.27. The minimum atomic E-state index is -0.173. The highest BCUT2D eigenvalue weighted by atomic mass is 16.5. The molecule has 150 valence electrons. The van der Waals surface area contributed by atoms with Crippen LogP contribution in [0, 0.1) is 0 Å². The maximum Gasteiger partial charge on any atom is 0.243 e. The standard InChI is InChI=1S/C23H24N2O4/c1-27-20-12-13-22(28-2)21(14-20)24-15-23(26)25-18-8-10-19(11-9-18)29-16-17-6-4-3-5-7-17/h3-14,24H,15-16H2,1-2H3,(H,25,26). The Morgan fingerprint density at radius 3 is 2.28 bits per heavy atom. The average Bonchev–Trinajstić information content (AvgIpc) is 2.77. The Morgan fingerprint density at radius 1 is 0.862 bits per heavy atom. The summed E-state index contributed by atoms with van der Waals surface area (Å²) in [5, 5.41) is 5.92. The van der Waals surface area contributed by atoms with E-state index in [0.717, 1.165) is 11.3 Å². The highest BCUT2D eigenvalue weighted by molar-refractivity contribution is 5.94. The van der Waals surface area contributed by atoms with Gasteiger partial charge in [-0.25, -0.2) is 0 Å². The molecule has 6 heteroatoms. The molecular weight excluding hydrogens is 368 g/mol. The van der Waals surface area contributed by atoms with E-state index in [1.165, 1.54) is 0 Å². The summed E-state index contributed by atoms with van der Waals surface area (Å²) in [6, 6.07) is 22.6. The molecule has 0 spiro atoms. The summed E-state index contributed by atoms with van der Waals surface area (Å²) < 4.78 is 16.3. The number of methoxy groups -OCH3 is 2. The molecule has 0 fully saturated rings. The predicted molar refractivity (Wildman–Crippen MR) is 114 cm³/mol. The second-order valence-electron chi connectivity index (χ2n) is 6.27. The third-order valence-corrected chi connectivity index (χ3v) is 4.23. The van der Waals surface area contributed by atoms with E-state index in [1.807, 2.05) is 54.6 Å². The Kier molecular flexibility index (Phi) is 6.95. The van der Waals surface area contributed by atoms with Crippen LogP contribution in [0.5, 0.6) is 17.2 Å². The average molecular weight is 392 g/mol. The van der Waals surface area contributed by atoms with Crippen molar-refractivity contribution in [3.63, 3.8) is 0 Å². The van der Waals surface area contributed by atoms with Crippen LogP contribution in [-0.4, -0.2) is 26.7 Å². The number of ether oxygens (including phenoxy) is 3. The Morgan fingerprint density at radius 2 is 1.59 bits per heavy atom. The van der Waals surface area contributed by atoms with E-state index in [-0.39, 0.29) is 12.5 Å². The van der Waals surface area contributed by atoms with Crippen molar-refractivity contribution in [1.82, 2.24) is 0 Å². The van der Waals surface area contributed by atoms with Crippen molar-refractivity contribution in [1.29, 1.82) is 0 Å². The molecule has 0 unspecified atom stereocenters. The lowest BCUT2D eigenvalue weighted by atomic mass is 10.2. The van der Waals surface area contributed by atoms with Gasteiger partial charge in [-0.3, -0.25) is 4.79 Å². The minimum absolute atomic E-state index is 0.0930. The monoisotopic (exact) mass is 392 g/mol. The molecular formula is C23H24N2O4. The molecule has 0 saturated heterocycles.